The van der Waals surface area contributed by atoms with Crippen molar-refractivity contribution >= 4 is 50.5 Å². The summed E-state index contributed by atoms with van der Waals surface area (Å²) in [7, 11) is 0. The maximum Gasteiger partial charge on any atom is 0.336 e. The first-order valence-electron chi connectivity index (χ1n) is 10.5. The van der Waals surface area contributed by atoms with Gasteiger partial charge in [-0.3, -0.25) is 0 Å². The lowest BCUT2D eigenvalue weighted by molar-refractivity contribution is 0.561. The van der Waals surface area contributed by atoms with Gasteiger partial charge in [-0.05, 0) is 42.8 Å². The Morgan fingerprint density at radius 1 is 0.971 bits per heavy atom. The first-order chi connectivity index (χ1) is 16.6. The number of azo groups is 1. The smallest absolute Gasteiger partial charge is 0.336 e. The maximum absolute atomic E-state index is 11.5. The van der Waals surface area contributed by atoms with Gasteiger partial charge < -0.3 is 9.73 Å². The molecule has 34 heavy (non-hydrogen) atoms. The molecule has 0 radical (unpaired) electrons. The highest BCUT2D eigenvalue weighted by molar-refractivity contribution is 7.13. The number of thiazole rings is 1. The van der Waals surface area contributed by atoms with Crippen LogP contribution in [0.1, 0.15) is 11.1 Å². The van der Waals surface area contributed by atoms with Crippen LogP contribution in [-0.4, -0.2) is 10.8 Å². The van der Waals surface area contributed by atoms with E-state index in [9.17, 15) is 4.79 Å². The molecule has 0 aliphatic heterocycles. The van der Waals surface area contributed by atoms with Crippen LogP contribution in [0, 0.1) is 6.92 Å². The zero-order valence-corrected chi connectivity index (χ0v) is 19.0. The summed E-state index contributed by atoms with van der Waals surface area (Å²) < 4.78 is 5.26. The average molecular weight is 466 g/mol. The SMILES string of the molecule is Cc1cc2oc(=O)ccc2cc1Nc1csc(/N=C(\N=Nc2ccccc2)c2ccccc2)n1. The molecule has 2 heterocycles. The summed E-state index contributed by atoms with van der Waals surface area (Å²) in [6.45, 7) is 1.94. The van der Waals surface area contributed by atoms with Gasteiger partial charge in [0.1, 0.15) is 11.4 Å². The highest BCUT2D eigenvalue weighted by Crippen LogP contribution is 2.29. The molecule has 0 fully saturated rings. The maximum atomic E-state index is 11.5. The van der Waals surface area contributed by atoms with Crippen molar-refractivity contribution in [2.45, 2.75) is 6.92 Å². The minimum absolute atomic E-state index is 0.367. The van der Waals surface area contributed by atoms with Crippen LogP contribution < -0.4 is 10.9 Å². The number of hydrogen-bond acceptors (Lipinski definition) is 7. The second-order valence-electron chi connectivity index (χ2n) is 7.44. The first kappa shape index (κ1) is 21.4. The lowest BCUT2D eigenvalue weighted by Gasteiger charge is -2.08. The van der Waals surface area contributed by atoms with Crippen molar-refractivity contribution in [3.63, 3.8) is 0 Å². The van der Waals surface area contributed by atoms with Crippen LogP contribution >= 0.6 is 11.3 Å². The van der Waals surface area contributed by atoms with Gasteiger partial charge in [-0.15, -0.1) is 21.6 Å². The Kier molecular flexibility index (Phi) is 6.05. The van der Waals surface area contributed by atoms with Crippen molar-refractivity contribution < 1.29 is 4.42 Å². The molecular formula is C26H19N5O2S. The van der Waals surface area contributed by atoms with E-state index >= 15 is 0 Å². The second-order valence-corrected chi connectivity index (χ2v) is 8.27. The Morgan fingerprint density at radius 3 is 2.53 bits per heavy atom. The molecule has 0 bridgehead atoms. The second kappa shape index (κ2) is 9.60. The Labute approximate surface area is 199 Å². The topological polar surface area (TPSA) is 92.2 Å². The average Bonchev–Trinajstić information content (AvgIpc) is 3.30. The summed E-state index contributed by atoms with van der Waals surface area (Å²) >= 11 is 1.40. The molecular weight excluding hydrogens is 446 g/mol. The predicted octanol–water partition coefficient (Wildman–Crippen LogP) is 7.16. The van der Waals surface area contributed by atoms with Gasteiger partial charge in [-0.25, -0.2) is 9.78 Å². The summed E-state index contributed by atoms with van der Waals surface area (Å²) in [4.78, 5) is 20.7. The summed E-state index contributed by atoms with van der Waals surface area (Å²) in [6.07, 6.45) is 0. The van der Waals surface area contributed by atoms with Crippen LogP contribution in [-0.2, 0) is 0 Å². The Bertz CT molecular complexity index is 1560. The van der Waals surface area contributed by atoms with Gasteiger partial charge in [0.05, 0.1) is 5.69 Å². The van der Waals surface area contributed by atoms with E-state index in [1.807, 2.05) is 85.1 Å². The number of aliphatic imine (C=N–C) groups is 1. The number of fused-ring (bicyclic) bond motifs is 1. The lowest BCUT2D eigenvalue weighted by Crippen LogP contribution is -1.97. The fraction of sp³-hybridized carbons (Fsp3) is 0.0385. The number of nitrogens with one attached hydrogen (secondary N) is 1. The minimum atomic E-state index is -0.367. The van der Waals surface area contributed by atoms with E-state index in [2.05, 4.69) is 25.5 Å². The van der Waals surface area contributed by atoms with Crippen LogP contribution in [0.4, 0.5) is 22.3 Å². The van der Waals surface area contributed by atoms with Crippen LogP contribution in [0.25, 0.3) is 11.0 Å². The number of benzene rings is 3. The molecule has 8 heteroatoms. The van der Waals surface area contributed by atoms with E-state index in [4.69, 9.17) is 4.42 Å². The van der Waals surface area contributed by atoms with E-state index in [-0.39, 0.29) is 5.63 Å². The largest absolute Gasteiger partial charge is 0.423 e. The third kappa shape index (κ3) is 4.97. The number of rotatable bonds is 5. The minimum Gasteiger partial charge on any atom is -0.423 e. The van der Waals surface area contributed by atoms with E-state index in [1.165, 1.54) is 17.4 Å². The summed E-state index contributed by atoms with van der Waals surface area (Å²) in [5.74, 6) is 1.14. The lowest BCUT2D eigenvalue weighted by atomic mass is 10.1. The number of nitrogens with zero attached hydrogens (tertiary/aromatic N) is 4. The molecule has 0 unspecified atom stereocenters. The van der Waals surface area contributed by atoms with Crippen LogP contribution in [0.15, 0.2) is 115 Å². The summed E-state index contributed by atoms with van der Waals surface area (Å²) in [5, 5.41) is 15.3. The van der Waals surface area contributed by atoms with Crippen molar-refractivity contribution in [3.05, 3.63) is 112 Å². The van der Waals surface area contributed by atoms with E-state index in [0.717, 1.165) is 27.9 Å². The van der Waals surface area contributed by atoms with Crippen molar-refractivity contribution in [2.75, 3.05) is 5.32 Å². The Hall–Kier alpha value is -4.43. The third-order valence-electron chi connectivity index (χ3n) is 4.97. The highest BCUT2D eigenvalue weighted by atomic mass is 32.1. The Balaban J connectivity index is 1.44. The molecule has 0 aliphatic rings. The Morgan fingerprint density at radius 2 is 1.74 bits per heavy atom. The summed E-state index contributed by atoms with van der Waals surface area (Å²) in [6, 6.07) is 26.1. The molecule has 5 rings (SSSR count). The fourth-order valence-corrected chi connectivity index (χ4v) is 3.90. The van der Waals surface area contributed by atoms with Crippen molar-refractivity contribution in [3.8, 4) is 0 Å². The normalized spacial score (nSPS) is 11.9. The summed E-state index contributed by atoms with van der Waals surface area (Å²) in [5.41, 5.74) is 3.58. The van der Waals surface area contributed by atoms with Crippen LogP contribution in [0.3, 0.4) is 0 Å². The van der Waals surface area contributed by atoms with E-state index in [1.54, 1.807) is 6.07 Å². The van der Waals surface area contributed by atoms with E-state index < -0.39 is 0 Å². The van der Waals surface area contributed by atoms with Crippen molar-refractivity contribution in [1.82, 2.24) is 4.98 Å². The molecule has 2 aromatic heterocycles. The van der Waals surface area contributed by atoms with Crippen molar-refractivity contribution in [2.24, 2.45) is 15.2 Å². The molecule has 0 saturated heterocycles. The van der Waals surface area contributed by atoms with Gasteiger partial charge in [0, 0.05) is 28.1 Å². The number of aromatic nitrogens is 1. The van der Waals surface area contributed by atoms with Gasteiger partial charge in [-0.1, -0.05) is 48.5 Å². The molecule has 7 nitrogen and oxygen atoms in total. The zero-order chi connectivity index (χ0) is 23.3. The molecule has 166 valence electrons. The quantitative estimate of drug-likeness (QED) is 0.129. The zero-order valence-electron chi connectivity index (χ0n) is 18.2. The molecule has 0 atom stereocenters. The predicted molar refractivity (Wildman–Crippen MR) is 136 cm³/mol. The van der Waals surface area contributed by atoms with Gasteiger partial charge >= 0.3 is 5.63 Å². The fourth-order valence-electron chi connectivity index (χ4n) is 3.28. The molecule has 0 saturated carbocycles. The third-order valence-corrected chi connectivity index (χ3v) is 5.71. The molecule has 1 N–H and O–H groups in total. The number of hydrogen-bond donors (Lipinski definition) is 1. The van der Waals surface area contributed by atoms with Gasteiger partial charge in [-0.2, -0.15) is 4.99 Å². The standard InChI is InChI=1S/C26H19N5O2S/c1-17-14-22-19(12-13-24(32)33-22)15-21(17)27-23-16-34-26(28-23)29-25(18-8-4-2-5-9-18)31-30-20-10-6-3-7-11-20/h2-16,27H,1H3/b29-25-,31-30?. The molecule has 3 aromatic carbocycles. The first-order valence-corrected chi connectivity index (χ1v) is 11.4. The number of amidine groups is 1. The monoisotopic (exact) mass is 465 g/mol. The van der Waals surface area contributed by atoms with Gasteiger partial charge in [0.25, 0.3) is 0 Å². The van der Waals surface area contributed by atoms with Gasteiger partial charge in [0.15, 0.2) is 5.84 Å². The molecule has 5 aromatic rings. The number of anilines is 2. The molecule has 0 aliphatic carbocycles. The van der Waals surface area contributed by atoms with Crippen LogP contribution in [0.5, 0.6) is 0 Å². The van der Waals surface area contributed by atoms with Gasteiger partial charge in [0.2, 0.25) is 5.13 Å². The van der Waals surface area contributed by atoms with Crippen LogP contribution in [0.2, 0.25) is 0 Å². The molecule has 0 amide bonds. The number of aryl methyl sites for hydroxylation is 1. The molecule has 0 spiro atoms. The van der Waals surface area contributed by atoms with Crippen molar-refractivity contribution in [1.29, 1.82) is 0 Å². The van der Waals surface area contributed by atoms with E-state index in [0.29, 0.717) is 22.4 Å². The highest BCUT2D eigenvalue weighted by Gasteiger charge is 2.09.